The van der Waals surface area contributed by atoms with Gasteiger partial charge in [0.25, 0.3) is 0 Å². The van der Waals surface area contributed by atoms with Crippen molar-refractivity contribution in [2.24, 2.45) is 16.3 Å². The van der Waals surface area contributed by atoms with Gasteiger partial charge in [0.2, 0.25) is 0 Å². The van der Waals surface area contributed by atoms with Gasteiger partial charge in [0, 0.05) is 62.4 Å². The number of aliphatic imine (C=N–C) groups is 1. The van der Waals surface area contributed by atoms with E-state index in [0.717, 1.165) is 51.6 Å². The zero-order valence-electron chi connectivity index (χ0n) is 18.4. The number of nitrogens with one attached hydrogen (secondary N) is 2. The van der Waals surface area contributed by atoms with Crippen LogP contribution in [0.25, 0.3) is 0 Å². The molecule has 2 saturated heterocycles. The molecule has 0 radical (unpaired) electrons. The average molecular weight is 412 g/mol. The standard InChI is InChI=1S/C24H37N5O/c1-2-25-23(28-21-20-10-16-30-22(20)24(21)11-4-5-12-24)27-18-8-14-29(15-9-18)17-19-7-3-6-13-26-19/h3,6-7,13,18,20-22H,2,4-5,8-12,14-17H2,1H3,(H2,25,27,28). The minimum absolute atomic E-state index is 0.364. The maximum absolute atomic E-state index is 6.16. The van der Waals surface area contributed by atoms with Crippen LogP contribution in [0.1, 0.15) is 57.6 Å². The summed E-state index contributed by atoms with van der Waals surface area (Å²) in [6, 6.07) is 7.22. The first-order valence-corrected chi connectivity index (χ1v) is 12.1. The van der Waals surface area contributed by atoms with Crippen molar-refractivity contribution >= 4 is 5.96 Å². The van der Waals surface area contributed by atoms with E-state index in [9.17, 15) is 0 Å². The third-order valence-electron chi connectivity index (χ3n) is 7.93. The van der Waals surface area contributed by atoms with Gasteiger partial charge in [-0.05, 0) is 51.2 Å². The van der Waals surface area contributed by atoms with E-state index in [4.69, 9.17) is 9.73 Å². The number of piperidine rings is 1. The van der Waals surface area contributed by atoms with E-state index in [1.54, 1.807) is 0 Å². The summed E-state index contributed by atoms with van der Waals surface area (Å²) >= 11 is 0. The van der Waals surface area contributed by atoms with Crippen LogP contribution in [-0.4, -0.2) is 60.3 Å². The van der Waals surface area contributed by atoms with Gasteiger partial charge in [0.05, 0.1) is 11.8 Å². The monoisotopic (exact) mass is 411 g/mol. The highest BCUT2D eigenvalue weighted by Crippen LogP contribution is 2.60. The Morgan fingerprint density at radius 1 is 1.20 bits per heavy atom. The fraction of sp³-hybridized carbons (Fsp3) is 0.750. The molecule has 1 spiro atoms. The summed E-state index contributed by atoms with van der Waals surface area (Å²) in [4.78, 5) is 11.8. The molecule has 0 amide bonds. The maximum Gasteiger partial charge on any atom is 0.191 e. The molecule has 2 N–H and O–H groups in total. The lowest BCUT2D eigenvalue weighted by Gasteiger charge is -2.57. The molecule has 3 atom stereocenters. The fourth-order valence-electron chi connectivity index (χ4n) is 6.49. The molecule has 2 aliphatic heterocycles. The van der Waals surface area contributed by atoms with Gasteiger partial charge < -0.3 is 15.4 Å². The molecule has 4 aliphatic rings. The van der Waals surface area contributed by atoms with E-state index < -0.39 is 0 Å². The first-order chi connectivity index (χ1) is 14.8. The van der Waals surface area contributed by atoms with Crippen LogP contribution in [0.3, 0.4) is 0 Å². The lowest BCUT2D eigenvalue weighted by Crippen LogP contribution is -2.69. The third-order valence-corrected chi connectivity index (χ3v) is 7.93. The van der Waals surface area contributed by atoms with Crippen molar-refractivity contribution in [3.05, 3.63) is 30.1 Å². The van der Waals surface area contributed by atoms with Crippen LogP contribution < -0.4 is 10.6 Å². The minimum atomic E-state index is 0.364. The number of likely N-dealkylation sites (tertiary alicyclic amines) is 1. The average Bonchev–Trinajstić information content (AvgIpc) is 3.43. The van der Waals surface area contributed by atoms with Gasteiger partial charge in [-0.1, -0.05) is 18.9 Å². The first-order valence-electron chi connectivity index (χ1n) is 12.1. The number of rotatable bonds is 5. The van der Waals surface area contributed by atoms with Crippen molar-refractivity contribution in [1.82, 2.24) is 20.5 Å². The molecule has 3 heterocycles. The van der Waals surface area contributed by atoms with E-state index >= 15 is 0 Å². The Morgan fingerprint density at radius 2 is 2.03 bits per heavy atom. The van der Waals surface area contributed by atoms with Crippen molar-refractivity contribution < 1.29 is 4.74 Å². The molecule has 6 nitrogen and oxygen atoms in total. The highest BCUT2D eigenvalue weighted by Gasteiger charge is 2.65. The Hall–Kier alpha value is -1.66. The second kappa shape index (κ2) is 8.83. The number of aromatic nitrogens is 1. The predicted octanol–water partition coefficient (Wildman–Crippen LogP) is 2.95. The summed E-state index contributed by atoms with van der Waals surface area (Å²) in [5.41, 5.74) is 1.53. The van der Waals surface area contributed by atoms with Gasteiger partial charge in [-0.15, -0.1) is 0 Å². The fourth-order valence-corrected chi connectivity index (χ4v) is 6.49. The lowest BCUT2D eigenvalue weighted by molar-refractivity contribution is -0.125. The summed E-state index contributed by atoms with van der Waals surface area (Å²) in [7, 11) is 0. The molecular weight excluding hydrogens is 374 g/mol. The van der Waals surface area contributed by atoms with Crippen molar-refractivity contribution in [2.75, 3.05) is 26.2 Å². The summed E-state index contributed by atoms with van der Waals surface area (Å²) in [6.07, 6.45) is 11.2. The van der Waals surface area contributed by atoms with Crippen LogP contribution in [0, 0.1) is 11.3 Å². The number of hydrogen-bond donors (Lipinski definition) is 2. The number of hydrogen-bond acceptors (Lipinski definition) is 4. The molecule has 1 aromatic heterocycles. The van der Waals surface area contributed by atoms with Crippen LogP contribution in [0.4, 0.5) is 0 Å². The second-order valence-corrected chi connectivity index (χ2v) is 9.64. The van der Waals surface area contributed by atoms with Crippen molar-refractivity contribution in [3.63, 3.8) is 0 Å². The molecular formula is C24H37N5O. The first kappa shape index (κ1) is 20.3. The lowest BCUT2D eigenvalue weighted by atomic mass is 9.54. The topological polar surface area (TPSA) is 61.8 Å². The van der Waals surface area contributed by atoms with Gasteiger partial charge in [-0.25, -0.2) is 0 Å². The number of pyridine rings is 1. The molecule has 0 aromatic carbocycles. The molecule has 1 aromatic rings. The molecule has 2 aliphatic carbocycles. The summed E-state index contributed by atoms with van der Waals surface area (Å²) < 4.78 is 6.16. The van der Waals surface area contributed by atoms with Crippen LogP contribution in [-0.2, 0) is 11.3 Å². The largest absolute Gasteiger partial charge is 0.377 e. The number of nitrogens with zero attached hydrogens (tertiary/aromatic N) is 3. The normalized spacial score (nSPS) is 31.5. The number of fused-ring (bicyclic) bond motifs is 2. The molecule has 3 unspecified atom stereocenters. The van der Waals surface area contributed by atoms with E-state index in [0.29, 0.717) is 29.5 Å². The van der Waals surface area contributed by atoms with E-state index in [-0.39, 0.29) is 0 Å². The molecule has 2 saturated carbocycles. The Morgan fingerprint density at radius 3 is 2.77 bits per heavy atom. The van der Waals surface area contributed by atoms with E-state index in [2.05, 4.69) is 39.6 Å². The van der Waals surface area contributed by atoms with Crippen molar-refractivity contribution in [3.8, 4) is 0 Å². The van der Waals surface area contributed by atoms with Gasteiger partial charge in [-0.2, -0.15) is 0 Å². The maximum atomic E-state index is 6.16. The molecule has 164 valence electrons. The summed E-state index contributed by atoms with van der Waals surface area (Å²) in [6.45, 7) is 7.07. The molecule has 4 fully saturated rings. The number of ether oxygens (including phenoxy) is 1. The quantitative estimate of drug-likeness (QED) is 0.576. The molecule has 30 heavy (non-hydrogen) atoms. The van der Waals surface area contributed by atoms with E-state index in [1.165, 1.54) is 37.8 Å². The summed E-state index contributed by atoms with van der Waals surface area (Å²) in [5.74, 6) is 1.70. The minimum Gasteiger partial charge on any atom is -0.377 e. The van der Waals surface area contributed by atoms with E-state index in [1.807, 2.05) is 12.3 Å². The van der Waals surface area contributed by atoms with Crippen molar-refractivity contribution in [2.45, 2.75) is 76.6 Å². The van der Waals surface area contributed by atoms with Crippen LogP contribution in [0.15, 0.2) is 29.4 Å². The number of guanidine groups is 1. The van der Waals surface area contributed by atoms with Gasteiger partial charge in [0.1, 0.15) is 0 Å². The molecule has 6 heteroatoms. The van der Waals surface area contributed by atoms with Crippen molar-refractivity contribution in [1.29, 1.82) is 0 Å². The third kappa shape index (κ3) is 3.84. The molecule has 5 rings (SSSR count). The van der Waals surface area contributed by atoms with Gasteiger partial charge >= 0.3 is 0 Å². The Kier molecular flexibility index (Phi) is 5.96. The highest BCUT2D eigenvalue weighted by molar-refractivity contribution is 5.80. The van der Waals surface area contributed by atoms with Crippen LogP contribution >= 0.6 is 0 Å². The van der Waals surface area contributed by atoms with Crippen LogP contribution in [0.2, 0.25) is 0 Å². The van der Waals surface area contributed by atoms with Gasteiger partial charge in [-0.3, -0.25) is 14.9 Å². The smallest absolute Gasteiger partial charge is 0.191 e. The molecule has 0 bridgehead atoms. The van der Waals surface area contributed by atoms with Crippen LogP contribution in [0.5, 0.6) is 0 Å². The SMILES string of the molecule is CCN=C(NC1CCN(Cc2ccccn2)CC1)NC1C2CCOC2C12CCCC2. The Labute approximate surface area is 180 Å². The zero-order valence-corrected chi connectivity index (χ0v) is 18.4. The zero-order chi connectivity index (χ0) is 20.4. The summed E-state index contributed by atoms with van der Waals surface area (Å²) in [5, 5.41) is 7.67. The second-order valence-electron chi connectivity index (χ2n) is 9.64. The predicted molar refractivity (Wildman–Crippen MR) is 119 cm³/mol. The Bertz CT molecular complexity index is 724. The highest BCUT2D eigenvalue weighted by atomic mass is 16.5. The Balaban J connectivity index is 1.16. The van der Waals surface area contributed by atoms with Gasteiger partial charge in [0.15, 0.2) is 5.96 Å².